The van der Waals surface area contributed by atoms with Gasteiger partial charge in [0.2, 0.25) is 6.23 Å². The summed E-state index contributed by atoms with van der Waals surface area (Å²) in [6, 6.07) is 19.9. The SMILES string of the molecule is CCCCCN(C(=O)OC1CC2CC[N+]1(CCOc1ccccc1)CC2)c1ccccc1. The maximum Gasteiger partial charge on any atom is 0.418 e. The van der Waals surface area contributed by atoms with E-state index >= 15 is 0 Å². The maximum atomic E-state index is 13.4. The Morgan fingerprint density at radius 3 is 2.38 bits per heavy atom. The van der Waals surface area contributed by atoms with Gasteiger partial charge in [0.1, 0.15) is 18.9 Å². The van der Waals surface area contributed by atoms with Crippen LogP contribution in [0.1, 0.15) is 45.4 Å². The number of nitrogens with zero attached hydrogens (tertiary/aromatic N) is 2. The van der Waals surface area contributed by atoms with Crippen molar-refractivity contribution in [2.75, 3.05) is 37.7 Å². The molecule has 0 aromatic heterocycles. The van der Waals surface area contributed by atoms with Gasteiger partial charge in [0.05, 0.1) is 13.1 Å². The molecule has 3 aliphatic rings. The van der Waals surface area contributed by atoms with Crippen LogP contribution in [0.4, 0.5) is 10.5 Å². The number of fused-ring (bicyclic) bond motifs is 3. The number of anilines is 1. The number of amides is 1. The van der Waals surface area contributed by atoms with Gasteiger partial charge in [0, 0.05) is 31.5 Å². The van der Waals surface area contributed by atoms with Crippen LogP contribution >= 0.6 is 0 Å². The Kier molecular flexibility index (Phi) is 7.69. The minimum absolute atomic E-state index is 0.0771. The van der Waals surface area contributed by atoms with Crippen LogP contribution in [0.5, 0.6) is 5.75 Å². The third-order valence-corrected chi connectivity index (χ3v) is 7.17. The van der Waals surface area contributed by atoms with Gasteiger partial charge in [-0.3, -0.25) is 9.38 Å². The lowest BCUT2D eigenvalue weighted by Crippen LogP contribution is -2.66. The van der Waals surface area contributed by atoms with E-state index in [1.54, 1.807) is 0 Å². The van der Waals surface area contributed by atoms with Crippen molar-refractivity contribution in [3.05, 3.63) is 60.7 Å². The third-order valence-electron chi connectivity index (χ3n) is 7.17. The second-order valence-electron chi connectivity index (χ2n) is 9.26. The van der Waals surface area contributed by atoms with E-state index in [9.17, 15) is 4.79 Å². The van der Waals surface area contributed by atoms with Gasteiger partial charge in [-0.15, -0.1) is 0 Å². The van der Waals surface area contributed by atoms with Crippen LogP contribution in [0.3, 0.4) is 0 Å². The maximum absolute atomic E-state index is 13.4. The molecule has 5 rings (SSSR count). The summed E-state index contributed by atoms with van der Waals surface area (Å²) < 4.78 is 13.1. The summed E-state index contributed by atoms with van der Waals surface area (Å²) in [6.45, 7) is 6.54. The van der Waals surface area contributed by atoms with Crippen LogP contribution in [-0.4, -0.2) is 49.6 Å². The number of unbranched alkanes of at least 4 members (excludes halogenated alkanes) is 2. The highest BCUT2D eigenvalue weighted by molar-refractivity contribution is 5.87. The minimum Gasteiger partial charge on any atom is -0.488 e. The summed E-state index contributed by atoms with van der Waals surface area (Å²) in [7, 11) is 0. The molecule has 0 radical (unpaired) electrons. The van der Waals surface area contributed by atoms with Crippen molar-refractivity contribution in [1.82, 2.24) is 0 Å². The van der Waals surface area contributed by atoms with E-state index in [4.69, 9.17) is 9.47 Å². The monoisotopic (exact) mass is 437 g/mol. The van der Waals surface area contributed by atoms with Crippen molar-refractivity contribution in [2.45, 2.75) is 51.7 Å². The predicted octanol–water partition coefficient (Wildman–Crippen LogP) is 5.86. The van der Waals surface area contributed by atoms with E-state index in [-0.39, 0.29) is 12.3 Å². The summed E-state index contributed by atoms with van der Waals surface area (Å²) in [5.74, 6) is 1.57. The number of carbonyl (C=O) groups excluding carboxylic acids is 1. The Labute approximate surface area is 192 Å². The van der Waals surface area contributed by atoms with E-state index in [1.807, 2.05) is 65.6 Å². The molecule has 2 bridgehead atoms. The standard InChI is InChI=1S/C27H37N2O3/c1-2-3-10-17-28(24-11-6-4-7-12-24)27(30)32-26-22-23-15-18-29(26,19-16-23)20-21-31-25-13-8-5-9-14-25/h4-9,11-14,23,26H,2-3,10,15-22H2,1H3/q+1. The molecule has 172 valence electrons. The molecule has 3 saturated heterocycles. The fraction of sp³-hybridized carbons (Fsp3) is 0.519. The Morgan fingerprint density at radius 2 is 1.69 bits per heavy atom. The fourth-order valence-corrected chi connectivity index (χ4v) is 5.19. The lowest BCUT2D eigenvalue weighted by Gasteiger charge is -2.53. The zero-order valence-corrected chi connectivity index (χ0v) is 19.3. The van der Waals surface area contributed by atoms with E-state index < -0.39 is 0 Å². The van der Waals surface area contributed by atoms with Crippen LogP contribution < -0.4 is 9.64 Å². The molecule has 0 spiro atoms. The predicted molar refractivity (Wildman–Crippen MR) is 128 cm³/mol. The molecular formula is C27H37N2O3+. The summed E-state index contributed by atoms with van der Waals surface area (Å²) in [6.07, 6.45) is 6.35. The van der Waals surface area contributed by atoms with Gasteiger partial charge in [-0.05, 0) is 36.6 Å². The van der Waals surface area contributed by atoms with Crippen LogP contribution in [0, 0.1) is 5.92 Å². The number of benzene rings is 2. The van der Waals surface area contributed by atoms with Gasteiger partial charge in [-0.1, -0.05) is 56.2 Å². The van der Waals surface area contributed by atoms with E-state index in [0.29, 0.717) is 19.1 Å². The van der Waals surface area contributed by atoms with Gasteiger partial charge in [-0.2, -0.15) is 0 Å². The average Bonchev–Trinajstić information content (AvgIpc) is 2.84. The first-order valence-corrected chi connectivity index (χ1v) is 12.3. The lowest BCUT2D eigenvalue weighted by atomic mass is 9.84. The molecule has 2 aromatic rings. The van der Waals surface area contributed by atoms with Gasteiger partial charge in [-0.25, -0.2) is 4.79 Å². The second kappa shape index (κ2) is 10.9. The quantitative estimate of drug-likeness (QED) is 0.345. The van der Waals surface area contributed by atoms with E-state index in [2.05, 4.69) is 6.92 Å². The molecule has 3 fully saturated rings. The molecule has 1 unspecified atom stereocenters. The van der Waals surface area contributed by atoms with Gasteiger partial charge < -0.3 is 9.47 Å². The molecular weight excluding hydrogens is 400 g/mol. The second-order valence-corrected chi connectivity index (χ2v) is 9.26. The topological polar surface area (TPSA) is 38.8 Å². The lowest BCUT2D eigenvalue weighted by molar-refractivity contribution is -0.983. The number of carbonyl (C=O) groups is 1. The van der Waals surface area contributed by atoms with Crippen LogP contribution in [-0.2, 0) is 4.74 Å². The Balaban J connectivity index is 1.43. The summed E-state index contributed by atoms with van der Waals surface area (Å²) >= 11 is 0. The Bertz CT molecular complexity index is 834. The minimum atomic E-state index is -0.202. The number of hydrogen-bond acceptors (Lipinski definition) is 3. The first-order chi connectivity index (χ1) is 15.7. The molecule has 0 aliphatic carbocycles. The number of ether oxygens (including phenoxy) is 2. The van der Waals surface area contributed by atoms with Crippen LogP contribution in [0.15, 0.2) is 60.7 Å². The number of rotatable bonds is 10. The van der Waals surface area contributed by atoms with E-state index in [1.165, 1.54) is 12.8 Å². The van der Waals surface area contributed by atoms with Crippen molar-refractivity contribution in [3.8, 4) is 5.75 Å². The van der Waals surface area contributed by atoms with Gasteiger partial charge in [0.15, 0.2) is 0 Å². The molecule has 2 aromatic carbocycles. The first kappa shape index (κ1) is 22.7. The summed E-state index contributed by atoms with van der Waals surface area (Å²) in [5.41, 5.74) is 0.920. The van der Waals surface area contributed by atoms with E-state index in [0.717, 1.165) is 61.2 Å². The first-order valence-electron chi connectivity index (χ1n) is 12.3. The number of quaternary nitrogens is 1. The molecule has 32 heavy (non-hydrogen) atoms. The Morgan fingerprint density at radius 1 is 1.00 bits per heavy atom. The molecule has 5 nitrogen and oxygen atoms in total. The zero-order chi connectivity index (χ0) is 22.2. The average molecular weight is 438 g/mol. The molecule has 3 aliphatic heterocycles. The largest absolute Gasteiger partial charge is 0.488 e. The number of hydrogen-bond donors (Lipinski definition) is 0. The van der Waals surface area contributed by atoms with Crippen molar-refractivity contribution in [2.24, 2.45) is 5.92 Å². The number of piperidine rings is 3. The highest BCUT2D eigenvalue weighted by atomic mass is 16.6. The molecule has 5 heteroatoms. The normalized spacial score (nSPS) is 24.2. The van der Waals surface area contributed by atoms with Crippen LogP contribution in [0.25, 0.3) is 0 Å². The molecule has 3 heterocycles. The highest BCUT2D eigenvalue weighted by Gasteiger charge is 2.49. The molecule has 1 amide bonds. The Hall–Kier alpha value is -2.53. The van der Waals surface area contributed by atoms with Crippen molar-refractivity contribution in [1.29, 1.82) is 0 Å². The van der Waals surface area contributed by atoms with Gasteiger partial charge in [0.25, 0.3) is 0 Å². The highest BCUT2D eigenvalue weighted by Crippen LogP contribution is 2.39. The molecule has 1 atom stereocenters. The molecule has 0 saturated carbocycles. The van der Waals surface area contributed by atoms with Crippen molar-refractivity contribution >= 4 is 11.8 Å². The molecule has 0 N–H and O–H groups in total. The van der Waals surface area contributed by atoms with Gasteiger partial charge >= 0.3 is 6.09 Å². The zero-order valence-electron chi connectivity index (χ0n) is 19.3. The summed E-state index contributed by atoms with van der Waals surface area (Å²) in [5, 5.41) is 0. The van der Waals surface area contributed by atoms with Crippen molar-refractivity contribution in [3.63, 3.8) is 0 Å². The fourth-order valence-electron chi connectivity index (χ4n) is 5.19. The third kappa shape index (κ3) is 5.44. The van der Waals surface area contributed by atoms with Crippen LogP contribution in [0.2, 0.25) is 0 Å². The smallest absolute Gasteiger partial charge is 0.418 e. The van der Waals surface area contributed by atoms with Crippen molar-refractivity contribution < 1.29 is 18.8 Å². The summed E-state index contributed by atoms with van der Waals surface area (Å²) in [4.78, 5) is 15.2. The number of para-hydroxylation sites is 2.